The van der Waals surface area contributed by atoms with Crippen molar-refractivity contribution < 1.29 is 9.84 Å². The van der Waals surface area contributed by atoms with Crippen molar-refractivity contribution in [1.29, 1.82) is 0 Å². The number of aliphatic hydroxyl groups excluding tert-OH is 1. The Bertz CT molecular complexity index is 559. The number of rotatable bonds is 7. The lowest BCUT2D eigenvalue weighted by Crippen LogP contribution is -2.25. The summed E-state index contributed by atoms with van der Waals surface area (Å²) in [6, 6.07) is 9.91. The van der Waals surface area contributed by atoms with E-state index >= 15 is 0 Å². The summed E-state index contributed by atoms with van der Waals surface area (Å²) in [5, 5.41) is 15.6. The Morgan fingerprint density at radius 1 is 1.38 bits per heavy atom. The minimum atomic E-state index is 0.0669. The maximum absolute atomic E-state index is 9.28. The van der Waals surface area contributed by atoms with E-state index in [4.69, 9.17) is 16.3 Å². The average molecular weight is 326 g/mol. The normalized spacial score (nSPS) is 13.9. The molecule has 0 amide bonds. The molecule has 0 aliphatic heterocycles. The van der Waals surface area contributed by atoms with Gasteiger partial charge in [-0.05, 0) is 43.0 Å². The molecule has 0 saturated carbocycles. The molecule has 1 heterocycles. The van der Waals surface area contributed by atoms with Gasteiger partial charge in [-0.15, -0.1) is 11.3 Å². The number of nitrogens with one attached hydrogen (secondary N) is 1. The lowest BCUT2D eigenvalue weighted by molar-refractivity contribution is 0.261. The Morgan fingerprint density at radius 2 is 2.19 bits per heavy atom. The van der Waals surface area contributed by atoms with Crippen LogP contribution in [0, 0.1) is 0 Å². The van der Waals surface area contributed by atoms with Crippen LogP contribution in [-0.4, -0.2) is 18.8 Å². The molecule has 0 aliphatic rings. The third kappa shape index (κ3) is 4.20. The summed E-state index contributed by atoms with van der Waals surface area (Å²) in [6.45, 7) is 2.22. The molecule has 21 heavy (non-hydrogen) atoms. The zero-order valence-corrected chi connectivity index (χ0v) is 13.7. The second kappa shape index (κ2) is 7.80. The van der Waals surface area contributed by atoms with Crippen LogP contribution in [0.1, 0.15) is 35.9 Å². The van der Waals surface area contributed by atoms with E-state index in [0.717, 1.165) is 11.3 Å². The molecule has 3 nitrogen and oxygen atoms in total. The number of benzene rings is 1. The van der Waals surface area contributed by atoms with E-state index in [9.17, 15) is 5.11 Å². The monoisotopic (exact) mass is 325 g/mol. The first kappa shape index (κ1) is 16.3. The van der Waals surface area contributed by atoms with Gasteiger partial charge in [0.2, 0.25) is 0 Å². The van der Waals surface area contributed by atoms with Crippen molar-refractivity contribution in [2.45, 2.75) is 25.4 Å². The van der Waals surface area contributed by atoms with Gasteiger partial charge in [0.05, 0.1) is 7.11 Å². The third-order valence-electron chi connectivity index (χ3n) is 3.41. The van der Waals surface area contributed by atoms with E-state index in [1.807, 2.05) is 29.6 Å². The van der Waals surface area contributed by atoms with Gasteiger partial charge in [0.15, 0.2) is 0 Å². The highest BCUT2D eigenvalue weighted by atomic mass is 35.5. The molecule has 2 aromatic rings. The molecular weight excluding hydrogens is 306 g/mol. The minimum Gasteiger partial charge on any atom is -0.496 e. The molecule has 2 atom stereocenters. The fourth-order valence-electron chi connectivity index (χ4n) is 2.36. The van der Waals surface area contributed by atoms with Gasteiger partial charge in [-0.2, -0.15) is 0 Å². The predicted octanol–water partition coefficient (Wildman–Crippen LogP) is 4.18. The van der Waals surface area contributed by atoms with Crippen LogP contribution in [0.5, 0.6) is 5.75 Å². The highest BCUT2D eigenvalue weighted by Crippen LogP contribution is 2.31. The standard InChI is InChI=1S/C16H20ClNO2S/c1-11(13-10-12(17)5-6-15(13)20-2)18-14(7-8-19)16-4-3-9-21-16/h3-6,9-11,14,18-19H,7-8H2,1-2H3/t11-,14+/m1/s1. The largest absolute Gasteiger partial charge is 0.496 e. The number of hydrogen-bond acceptors (Lipinski definition) is 4. The minimum absolute atomic E-state index is 0.0669. The molecular formula is C16H20ClNO2S. The van der Waals surface area contributed by atoms with Crippen LogP contribution in [0.3, 0.4) is 0 Å². The number of thiophene rings is 1. The van der Waals surface area contributed by atoms with Crippen molar-refractivity contribution in [3.05, 3.63) is 51.2 Å². The van der Waals surface area contributed by atoms with E-state index in [1.165, 1.54) is 4.88 Å². The van der Waals surface area contributed by atoms with Crippen molar-refractivity contribution >= 4 is 22.9 Å². The van der Waals surface area contributed by atoms with E-state index in [-0.39, 0.29) is 18.7 Å². The van der Waals surface area contributed by atoms with Crippen LogP contribution >= 0.6 is 22.9 Å². The Balaban J connectivity index is 2.19. The molecule has 1 aromatic heterocycles. The van der Waals surface area contributed by atoms with E-state index < -0.39 is 0 Å². The number of methoxy groups -OCH3 is 1. The summed E-state index contributed by atoms with van der Waals surface area (Å²) in [6.07, 6.45) is 0.674. The first-order valence-electron chi connectivity index (χ1n) is 6.89. The molecule has 0 spiro atoms. The summed E-state index contributed by atoms with van der Waals surface area (Å²) >= 11 is 7.78. The smallest absolute Gasteiger partial charge is 0.123 e. The molecule has 0 saturated heterocycles. The average Bonchev–Trinajstić information content (AvgIpc) is 3.00. The van der Waals surface area contributed by atoms with Gasteiger partial charge in [0.25, 0.3) is 0 Å². The maximum atomic E-state index is 9.28. The van der Waals surface area contributed by atoms with E-state index in [0.29, 0.717) is 11.4 Å². The number of aliphatic hydroxyl groups is 1. The Hall–Kier alpha value is -1.07. The van der Waals surface area contributed by atoms with Crippen LogP contribution < -0.4 is 10.1 Å². The molecule has 114 valence electrons. The van der Waals surface area contributed by atoms with Gasteiger partial charge < -0.3 is 15.2 Å². The van der Waals surface area contributed by atoms with Crippen molar-refractivity contribution in [2.75, 3.05) is 13.7 Å². The Kier molecular flexibility index (Phi) is 6.06. The molecule has 1 aromatic carbocycles. The zero-order chi connectivity index (χ0) is 15.2. The van der Waals surface area contributed by atoms with Crippen molar-refractivity contribution in [1.82, 2.24) is 5.32 Å². The van der Waals surface area contributed by atoms with Gasteiger partial charge in [-0.3, -0.25) is 0 Å². The van der Waals surface area contributed by atoms with Gasteiger partial charge in [0, 0.05) is 34.2 Å². The number of halogens is 1. The molecule has 5 heteroatoms. The summed E-state index contributed by atoms with van der Waals surface area (Å²) in [5.74, 6) is 0.813. The van der Waals surface area contributed by atoms with Crippen LogP contribution in [0.2, 0.25) is 5.02 Å². The van der Waals surface area contributed by atoms with Crippen molar-refractivity contribution in [3.63, 3.8) is 0 Å². The third-order valence-corrected chi connectivity index (χ3v) is 4.63. The summed E-state index contributed by atoms with van der Waals surface area (Å²) < 4.78 is 5.41. The van der Waals surface area contributed by atoms with E-state index in [1.54, 1.807) is 18.4 Å². The molecule has 2 N–H and O–H groups in total. The highest BCUT2D eigenvalue weighted by molar-refractivity contribution is 7.10. The Morgan fingerprint density at radius 3 is 2.81 bits per heavy atom. The first-order valence-corrected chi connectivity index (χ1v) is 8.15. The second-order valence-electron chi connectivity index (χ2n) is 4.85. The fourth-order valence-corrected chi connectivity index (χ4v) is 3.36. The summed E-state index contributed by atoms with van der Waals surface area (Å²) in [4.78, 5) is 1.22. The van der Waals surface area contributed by atoms with Crippen LogP contribution in [-0.2, 0) is 0 Å². The highest BCUT2D eigenvalue weighted by Gasteiger charge is 2.18. The van der Waals surface area contributed by atoms with Crippen molar-refractivity contribution in [3.8, 4) is 5.75 Å². The maximum Gasteiger partial charge on any atom is 0.123 e. The first-order chi connectivity index (χ1) is 10.2. The summed E-state index contributed by atoms with van der Waals surface area (Å²) in [5.41, 5.74) is 1.02. The molecule has 0 bridgehead atoms. The van der Waals surface area contributed by atoms with Gasteiger partial charge >= 0.3 is 0 Å². The lowest BCUT2D eigenvalue weighted by Gasteiger charge is -2.24. The molecule has 0 radical (unpaired) electrons. The van der Waals surface area contributed by atoms with Gasteiger partial charge in [-0.25, -0.2) is 0 Å². The van der Waals surface area contributed by atoms with Gasteiger partial charge in [-0.1, -0.05) is 17.7 Å². The molecule has 0 aliphatic carbocycles. The summed E-state index contributed by atoms with van der Waals surface area (Å²) in [7, 11) is 1.66. The second-order valence-corrected chi connectivity index (χ2v) is 6.27. The Labute approximate surface area is 134 Å². The van der Waals surface area contributed by atoms with Crippen molar-refractivity contribution in [2.24, 2.45) is 0 Å². The number of hydrogen-bond donors (Lipinski definition) is 2. The van der Waals surface area contributed by atoms with Crippen LogP contribution in [0.15, 0.2) is 35.7 Å². The topological polar surface area (TPSA) is 41.5 Å². The number of ether oxygens (including phenoxy) is 1. The quantitative estimate of drug-likeness (QED) is 0.802. The van der Waals surface area contributed by atoms with Gasteiger partial charge in [0.1, 0.15) is 5.75 Å². The fraction of sp³-hybridized carbons (Fsp3) is 0.375. The van der Waals surface area contributed by atoms with E-state index in [2.05, 4.69) is 18.3 Å². The van der Waals surface area contributed by atoms with Crippen LogP contribution in [0.25, 0.3) is 0 Å². The molecule has 2 rings (SSSR count). The lowest BCUT2D eigenvalue weighted by atomic mass is 10.0. The predicted molar refractivity (Wildman–Crippen MR) is 88.3 cm³/mol. The SMILES string of the molecule is COc1ccc(Cl)cc1[C@@H](C)N[C@@H](CCO)c1cccs1. The zero-order valence-electron chi connectivity index (χ0n) is 12.2. The molecule has 0 fully saturated rings. The van der Waals surface area contributed by atoms with Crippen LogP contribution in [0.4, 0.5) is 0 Å². The molecule has 0 unspecified atom stereocenters.